The molecule has 0 radical (unpaired) electrons. The van der Waals surface area contributed by atoms with Crippen molar-refractivity contribution in [3.63, 3.8) is 0 Å². The quantitative estimate of drug-likeness (QED) is 0.748. The number of nitrogens with one attached hydrogen (secondary N) is 1. The third-order valence-corrected chi connectivity index (χ3v) is 3.42. The molecule has 17 heavy (non-hydrogen) atoms. The summed E-state index contributed by atoms with van der Waals surface area (Å²) in [5, 5.41) is 3.43. The van der Waals surface area contributed by atoms with Crippen LogP contribution in [0.25, 0.3) is 0 Å². The number of rotatable bonds is 1. The molecule has 2 rings (SSSR count). The molecule has 3 N–H and O–H groups in total. The number of piperazine rings is 1. The van der Waals surface area contributed by atoms with E-state index < -0.39 is 5.54 Å². The highest BCUT2D eigenvalue weighted by molar-refractivity contribution is 6.33. The number of anilines is 2. The lowest BCUT2D eigenvalue weighted by Gasteiger charge is -2.43. The Balaban J connectivity index is 2.41. The smallest absolute Gasteiger partial charge is 0.245 e. The average Bonchev–Trinajstić information content (AvgIpc) is 2.23. The Bertz CT molecular complexity index is 459. The van der Waals surface area contributed by atoms with Crippen LogP contribution in [0.15, 0.2) is 18.2 Å². The van der Waals surface area contributed by atoms with Crippen LogP contribution in [0.4, 0.5) is 11.4 Å². The Hall–Kier alpha value is -1.42. The summed E-state index contributed by atoms with van der Waals surface area (Å²) in [5.74, 6) is 0.0108. The highest BCUT2D eigenvalue weighted by atomic mass is 35.5. The van der Waals surface area contributed by atoms with Crippen LogP contribution in [0.1, 0.15) is 13.8 Å². The van der Waals surface area contributed by atoms with Crippen molar-refractivity contribution in [1.82, 2.24) is 5.32 Å². The maximum Gasteiger partial charge on any atom is 0.245 e. The predicted octanol–water partition coefficient (Wildman–Crippen LogP) is 1.64. The van der Waals surface area contributed by atoms with E-state index in [9.17, 15) is 4.79 Å². The normalized spacial score (nSPS) is 19.0. The van der Waals surface area contributed by atoms with Gasteiger partial charge in [-0.3, -0.25) is 4.79 Å². The number of hydrogen-bond donors (Lipinski definition) is 2. The number of amides is 1. The van der Waals surface area contributed by atoms with Crippen molar-refractivity contribution in [1.29, 1.82) is 0 Å². The van der Waals surface area contributed by atoms with Gasteiger partial charge < -0.3 is 16.0 Å². The minimum absolute atomic E-state index is 0.0108. The Morgan fingerprint density at radius 1 is 1.47 bits per heavy atom. The van der Waals surface area contributed by atoms with Gasteiger partial charge in [0.2, 0.25) is 5.91 Å². The first kappa shape index (κ1) is 12.0. The van der Waals surface area contributed by atoms with Gasteiger partial charge in [0.05, 0.1) is 10.7 Å². The zero-order chi connectivity index (χ0) is 12.6. The molecule has 0 atom stereocenters. The second-order valence-electron chi connectivity index (χ2n) is 4.68. The van der Waals surface area contributed by atoms with Crippen LogP contribution in [-0.2, 0) is 4.79 Å². The number of benzene rings is 1. The van der Waals surface area contributed by atoms with Crippen LogP contribution in [0, 0.1) is 0 Å². The molecule has 1 amide bonds. The van der Waals surface area contributed by atoms with Crippen LogP contribution in [0.2, 0.25) is 5.02 Å². The molecule has 1 saturated heterocycles. The van der Waals surface area contributed by atoms with Crippen molar-refractivity contribution < 1.29 is 4.79 Å². The number of carbonyl (C=O) groups is 1. The zero-order valence-corrected chi connectivity index (χ0v) is 10.7. The standard InChI is InChI=1S/C12H16ClN3O/c1-12(2)11(17)15-5-6-16(12)10-4-3-8(14)7-9(10)13/h3-4,7H,5-6,14H2,1-2H3,(H,15,17). The molecule has 92 valence electrons. The summed E-state index contributed by atoms with van der Waals surface area (Å²) >= 11 is 6.18. The molecule has 0 unspecified atom stereocenters. The molecule has 1 fully saturated rings. The first-order valence-electron chi connectivity index (χ1n) is 5.54. The van der Waals surface area contributed by atoms with Crippen LogP contribution in [-0.4, -0.2) is 24.5 Å². The molecule has 0 bridgehead atoms. The first-order valence-corrected chi connectivity index (χ1v) is 5.91. The third kappa shape index (κ3) is 2.05. The largest absolute Gasteiger partial charge is 0.399 e. The van der Waals surface area contributed by atoms with E-state index in [1.54, 1.807) is 12.1 Å². The van der Waals surface area contributed by atoms with E-state index in [-0.39, 0.29) is 5.91 Å². The predicted molar refractivity (Wildman–Crippen MR) is 70.3 cm³/mol. The van der Waals surface area contributed by atoms with Crippen LogP contribution >= 0.6 is 11.6 Å². The lowest BCUT2D eigenvalue weighted by Crippen LogP contribution is -2.62. The average molecular weight is 254 g/mol. The van der Waals surface area contributed by atoms with Crippen molar-refractivity contribution in [3.05, 3.63) is 23.2 Å². The van der Waals surface area contributed by atoms with Gasteiger partial charge in [-0.1, -0.05) is 11.6 Å². The fourth-order valence-corrected chi connectivity index (χ4v) is 2.35. The molecule has 0 saturated carbocycles. The summed E-state index contributed by atoms with van der Waals surface area (Å²) in [6.07, 6.45) is 0. The fourth-order valence-electron chi connectivity index (χ4n) is 2.06. The Labute approximate surface area is 106 Å². The third-order valence-electron chi connectivity index (χ3n) is 3.11. The minimum atomic E-state index is -0.599. The van der Waals surface area contributed by atoms with E-state index >= 15 is 0 Å². The topological polar surface area (TPSA) is 58.4 Å². The van der Waals surface area contributed by atoms with Gasteiger partial charge in [0.25, 0.3) is 0 Å². The van der Waals surface area contributed by atoms with Gasteiger partial charge in [0.15, 0.2) is 0 Å². The Morgan fingerprint density at radius 3 is 2.82 bits per heavy atom. The summed E-state index contributed by atoms with van der Waals surface area (Å²) in [7, 11) is 0. The van der Waals surface area contributed by atoms with Gasteiger partial charge in [0, 0.05) is 18.8 Å². The summed E-state index contributed by atoms with van der Waals surface area (Å²) < 4.78 is 0. The minimum Gasteiger partial charge on any atom is -0.399 e. The number of carbonyl (C=O) groups excluding carboxylic acids is 1. The summed E-state index contributed by atoms with van der Waals surface area (Å²) in [6.45, 7) is 5.13. The molecular weight excluding hydrogens is 238 g/mol. The summed E-state index contributed by atoms with van der Waals surface area (Å²) in [5.41, 5.74) is 6.54. The van der Waals surface area contributed by atoms with Gasteiger partial charge in [-0.2, -0.15) is 0 Å². The van der Waals surface area contributed by atoms with E-state index in [2.05, 4.69) is 5.32 Å². The van der Waals surface area contributed by atoms with Crippen molar-refractivity contribution >= 4 is 28.9 Å². The SMILES string of the molecule is CC1(C)C(=O)NCCN1c1ccc(N)cc1Cl. The number of nitrogen functional groups attached to an aromatic ring is 1. The van der Waals surface area contributed by atoms with Crippen LogP contribution < -0.4 is 16.0 Å². The van der Waals surface area contributed by atoms with Crippen molar-refractivity contribution in [2.75, 3.05) is 23.7 Å². The van der Waals surface area contributed by atoms with Gasteiger partial charge in [0.1, 0.15) is 5.54 Å². The van der Waals surface area contributed by atoms with Gasteiger partial charge in [-0.15, -0.1) is 0 Å². The van der Waals surface area contributed by atoms with Crippen molar-refractivity contribution in [2.24, 2.45) is 0 Å². The highest BCUT2D eigenvalue weighted by Gasteiger charge is 2.38. The number of halogens is 1. The van der Waals surface area contributed by atoms with E-state index in [0.29, 0.717) is 17.3 Å². The summed E-state index contributed by atoms with van der Waals surface area (Å²) in [6, 6.07) is 5.36. The molecule has 1 aromatic carbocycles. The monoisotopic (exact) mass is 253 g/mol. The second-order valence-corrected chi connectivity index (χ2v) is 5.08. The molecule has 0 spiro atoms. The van der Waals surface area contributed by atoms with Crippen LogP contribution in [0.5, 0.6) is 0 Å². The lowest BCUT2D eigenvalue weighted by atomic mass is 9.98. The van der Waals surface area contributed by atoms with Gasteiger partial charge in [-0.25, -0.2) is 0 Å². The number of nitrogens with two attached hydrogens (primary N) is 1. The van der Waals surface area contributed by atoms with E-state index in [4.69, 9.17) is 17.3 Å². The number of nitrogens with zero attached hydrogens (tertiary/aromatic N) is 1. The zero-order valence-electron chi connectivity index (χ0n) is 9.96. The molecular formula is C12H16ClN3O. The molecule has 5 heteroatoms. The maximum absolute atomic E-state index is 11.9. The molecule has 0 aromatic heterocycles. The second kappa shape index (κ2) is 4.11. The van der Waals surface area contributed by atoms with E-state index in [0.717, 1.165) is 12.2 Å². The van der Waals surface area contributed by atoms with E-state index in [1.807, 2.05) is 24.8 Å². The highest BCUT2D eigenvalue weighted by Crippen LogP contribution is 2.33. The summed E-state index contributed by atoms with van der Waals surface area (Å²) in [4.78, 5) is 13.9. The first-order chi connectivity index (χ1) is 7.93. The van der Waals surface area contributed by atoms with E-state index in [1.165, 1.54) is 0 Å². The molecule has 1 aliphatic rings. The van der Waals surface area contributed by atoms with Crippen molar-refractivity contribution in [2.45, 2.75) is 19.4 Å². The van der Waals surface area contributed by atoms with Gasteiger partial charge >= 0.3 is 0 Å². The Kier molecular flexibility index (Phi) is 2.91. The van der Waals surface area contributed by atoms with Crippen LogP contribution in [0.3, 0.4) is 0 Å². The molecule has 1 heterocycles. The Morgan fingerprint density at radius 2 is 2.18 bits per heavy atom. The van der Waals surface area contributed by atoms with Crippen molar-refractivity contribution in [3.8, 4) is 0 Å². The molecule has 1 aromatic rings. The molecule has 1 aliphatic heterocycles. The molecule has 4 nitrogen and oxygen atoms in total. The fraction of sp³-hybridized carbons (Fsp3) is 0.417. The molecule has 0 aliphatic carbocycles. The van der Waals surface area contributed by atoms with Gasteiger partial charge in [-0.05, 0) is 32.0 Å². The lowest BCUT2D eigenvalue weighted by molar-refractivity contribution is -0.126. The maximum atomic E-state index is 11.9. The number of hydrogen-bond acceptors (Lipinski definition) is 3.